The van der Waals surface area contributed by atoms with Crippen molar-refractivity contribution in [2.45, 2.75) is 13.8 Å². The predicted octanol–water partition coefficient (Wildman–Crippen LogP) is 2.83. The summed E-state index contributed by atoms with van der Waals surface area (Å²) >= 11 is 0. The highest BCUT2D eigenvalue weighted by molar-refractivity contribution is 5.68. The fourth-order valence-corrected chi connectivity index (χ4v) is 2.08. The van der Waals surface area contributed by atoms with Crippen LogP contribution in [-0.2, 0) is 0 Å². The van der Waals surface area contributed by atoms with E-state index in [-0.39, 0.29) is 23.0 Å². The molecule has 0 unspecified atom stereocenters. The van der Waals surface area contributed by atoms with Gasteiger partial charge in [-0.05, 0) is 37.1 Å². The second-order valence-corrected chi connectivity index (χ2v) is 4.77. The van der Waals surface area contributed by atoms with Crippen LogP contribution in [0.5, 0.6) is 11.5 Å². The number of phenolic OH excluding ortho intramolecular Hbond substituents is 2. The van der Waals surface area contributed by atoms with Crippen molar-refractivity contribution in [1.82, 2.24) is 15.1 Å². The molecule has 0 saturated carbocycles. The van der Waals surface area contributed by atoms with E-state index in [0.29, 0.717) is 11.5 Å². The Labute approximate surface area is 120 Å². The summed E-state index contributed by atoms with van der Waals surface area (Å²) < 4.78 is 5.15. The predicted molar refractivity (Wildman–Crippen MR) is 75.8 cm³/mol. The van der Waals surface area contributed by atoms with Gasteiger partial charge >= 0.3 is 0 Å². The summed E-state index contributed by atoms with van der Waals surface area (Å²) in [5.74, 6) is -0.0661. The Bertz CT molecular complexity index is 812. The van der Waals surface area contributed by atoms with Gasteiger partial charge in [0, 0.05) is 6.20 Å². The number of aromatic nitrogens is 3. The SMILES string of the molecule is Cc1cnc(-c2noc(-c3cccc(O)c3O)n2)c(C)c1. The number of rotatable bonds is 2. The Hall–Kier alpha value is -2.89. The second-order valence-electron chi connectivity index (χ2n) is 4.77. The number of phenols is 2. The van der Waals surface area contributed by atoms with Crippen LogP contribution in [0.2, 0.25) is 0 Å². The summed E-state index contributed by atoms with van der Waals surface area (Å²) in [6.07, 6.45) is 1.73. The maximum Gasteiger partial charge on any atom is 0.262 e. The average Bonchev–Trinajstić information content (AvgIpc) is 2.91. The number of pyridine rings is 1. The third-order valence-electron chi connectivity index (χ3n) is 3.10. The fourth-order valence-electron chi connectivity index (χ4n) is 2.08. The zero-order chi connectivity index (χ0) is 15.0. The lowest BCUT2D eigenvalue weighted by atomic mass is 10.1. The van der Waals surface area contributed by atoms with E-state index >= 15 is 0 Å². The molecule has 3 rings (SSSR count). The van der Waals surface area contributed by atoms with Crippen molar-refractivity contribution in [1.29, 1.82) is 0 Å². The Morgan fingerprint density at radius 2 is 1.95 bits per heavy atom. The molecule has 3 aromatic rings. The van der Waals surface area contributed by atoms with Gasteiger partial charge in [-0.3, -0.25) is 4.98 Å². The van der Waals surface area contributed by atoms with Gasteiger partial charge in [-0.15, -0.1) is 0 Å². The summed E-state index contributed by atoms with van der Waals surface area (Å²) in [6.45, 7) is 3.87. The molecule has 1 aromatic carbocycles. The summed E-state index contributed by atoms with van der Waals surface area (Å²) in [6, 6.07) is 6.53. The van der Waals surface area contributed by atoms with Gasteiger partial charge in [0.05, 0.1) is 5.56 Å². The van der Waals surface area contributed by atoms with Crippen molar-refractivity contribution >= 4 is 0 Å². The second kappa shape index (κ2) is 4.90. The zero-order valence-electron chi connectivity index (χ0n) is 11.5. The maximum atomic E-state index is 9.83. The topological polar surface area (TPSA) is 92.3 Å². The summed E-state index contributed by atoms with van der Waals surface area (Å²) in [7, 11) is 0. The highest BCUT2D eigenvalue weighted by Gasteiger charge is 2.17. The molecule has 6 heteroatoms. The Morgan fingerprint density at radius 3 is 2.71 bits per heavy atom. The molecule has 6 nitrogen and oxygen atoms in total. The van der Waals surface area contributed by atoms with Crippen LogP contribution in [0.3, 0.4) is 0 Å². The minimum Gasteiger partial charge on any atom is -0.504 e. The van der Waals surface area contributed by atoms with Gasteiger partial charge in [0.2, 0.25) is 5.82 Å². The standard InChI is InChI=1S/C15H13N3O3/c1-8-6-9(2)12(16-7-8)14-17-15(21-18-14)10-4-3-5-11(19)13(10)20/h3-7,19-20H,1-2H3. The third-order valence-corrected chi connectivity index (χ3v) is 3.10. The number of hydrogen-bond donors (Lipinski definition) is 2. The molecule has 0 aliphatic heterocycles. The molecule has 0 aliphatic rings. The number of hydrogen-bond acceptors (Lipinski definition) is 6. The average molecular weight is 283 g/mol. The van der Waals surface area contributed by atoms with Crippen molar-refractivity contribution in [2.24, 2.45) is 0 Å². The molecule has 2 heterocycles. The van der Waals surface area contributed by atoms with Crippen molar-refractivity contribution in [3.05, 3.63) is 41.6 Å². The molecule has 0 atom stereocenters. The number of nitrogens with zero attached hydrogens (tertiary/aromatic N) is 3. The lowest BCUT2D eigenvalue weighted by molar-refractivity contribution is 0.397. The summed E-state index contributed by atoms with van der Waals surface area (Å²) in [5.41, 5.74) is 2.88. The third kappa shape index (κ3) is 2.31. The molecule has 2 N–H and O–H groups in total. The van der Waals surface area contributed by atoms with Crippen molar-refractivity contribution < 1.29 is 14.7 Å². The van der Waals surface area contributed by atoms with Crippen molar-refractivity contribution in [2.75, 3.05) is 0 Å². The molecule has 0 saturated heterocycles. The molecule has 2 aromatic heterocycles. The molecule has 0 fully saturated rings. The molecule has 0 aliphatic carbocycles. The fraction of sp³-hybridized carbons (Fsp3) is 0.133. The molecule has 21 heavy (non-hydrogen) atoms. The molecule has 0 radical (unpaired) electrons. The van der Waals surface area contributed by atoms with Crippen LogP contribution in [0.25, 0.3) is 23.0 Å². The van der Waals surface area contributed by atoms with E-state index in [0.717, 1.165) is 11.1 Å². The van der Waals surface area contributed by atoms with Gasteiger partial charge < -0.3 is 14.7 Å². The number of aryl methyl sites for hydroxylation is 2. The van der Waals surface area contributed by atoms with E-state index in [9.17, 15) is 10.2 Å². The van der Waals surface area contributed by atoms with Gasteiger partial charge in [0.1, 0.15) is 5.69 Å². The maximum absolute atomic E-state index is 9.83. The van der Waals surface area contributed by atoms with Crippen LogP contribution < -0.4 is 0 Å². The molecule has 0 bridgehead atoms. The number of aromatic hydroxyl groups is 2. The Kier molecular flexibility index (Phi) is 3.06. The first-order valence-corrected chi connectivity index (χ1v) is 6.35. The van der Waals surface area contributed by atoms with E-state index in [4.69, 9.17) is 4.52 Å². The lowest BCUT2D eigenvalue weighted by Gasteiger charge is -2.01. The van der Waals surface area contributed by atoms with Crippen LogP contribution in [0, 0.1) is 13.8 Å². The first kappa shape index (κ1) is 13.1. The first-order chi connectivity index (χ1) is 10.1. The van der Waals surface area contributed by atoms with Crippen LogP contribution in [0.15, 0.2) is 35.0 Å². The number of benzene rings is 1. The Balaban J connectivity index is 2.06. The number of para-hydroxylation sites is 1. The van der Waals surface area contributed by atoms with Gasteiger partial charge in [0.15, 0.2) is 11.5 Å². The highest BCUT2D eigenvalue weighted by Crippen LogP contribution is 2.35. The monoisotopic (exact) mass is 283 g/mol. The van der Waals surface area contributed by atoms with Gasteiger partial charge in [0.25, 0.3) is 5.89 Å². The van der Waals surface area contributed by atoms with E-state index in [1.807, 2.05) is 19.9 Å². The molecule has 0 spiro atoms. The smallest absolute Gasteiger partial charge is 0.262 e. The molecular formula is C15H13N3O3. The summed E-state index contributed by atoms with van der Waals surface area (Å²) in [4.78, 5) is 8.53. The lowest BCUT2D eigenvalue weighted by Crippen LogP contribution is -1.91. The quantitative estimate of drug-likeness (QED) is 0.702. The first-order valence-electron chi connectivity index (χ1n) is 6.35. The molecule has 106 valence electrons. The van der Waals surface area contributed by atoms with E-state index in [2.05, 4.69) is 15.1 Å². The summed E-state index contributed by atoms with van der Waals surface area (Å²) in [5, 5.41) is 23.2. The molecular weight excluding hydrogens is 270 g/mol. The van der Waals surface area contributed by atoms with Gasteiger partial charge in [-0.2, -0.15) is 4.98 Å². The van der Waals surface area contributed by atoms with Crippen LogP contribution >= 0.6 is 0 Å². The van der Waals surface area contributed by atoms with E-state index in [1.54, 1.807) is 18.3 Å². The van der Waals surface area contributed by atoms with Crippen LogP contribution in [0.4, 0.5) is 0 Å². The highest BCUT2D eigenvalue weighted by atomic mass is 16.5. The van der Waals surface area contributed by atoms with Crippen molar-refractivity contribution in [3.63, 3.8) is 0 Å². The van der Waals surface area contributed by atoms with Gasteiger partial charge in [-0.1, -0.05) is 17.3 Å². The van der Waals surface area contributed by atoms with Gasteiger partial charge in [-0.25, -0.2) is 0 Å². The minimum absolute atomic E-state index is 0.125. The largest absolute Gasteiger partial charge is 0.504 e. The van der Waals surface area contributed by atoms with E-state index < -0.39 is 0 Å². The zero-order valence-corrected chi connectivity index (χ0v) is 11.5. The Morgan fingerprint density at radius 1 is 1.14 bits per heavy atom. The van der Waals surface area contributed by atoms with Crippen LogP contribution in [-0.4, -0.2) is 25.3 Å². The van der Waals surface area contributed by atoms with Crippen LogP contribution in [0.1, 0.15) is 11.1 Å². The normalized spacial score (nSPS) is 10.8. The van der Waals surface area contributed by atoms with E-state index in [1.165, 1.54) is 6.07 Å². The van der Waals surface area contributed by atoms with Crippen molar-refractivity contribution in [3.8, 4) is 34.5 Å². The molecule has 0 amide bonds. The minimum atomic E-state index is -0.290.